The van der Waals surface area contributed by atoms with Gasteiger partial charge in [0.05, 0.1) is 11.8 Å². The summed E-state index contributed by atoms with van der Waals surface area (Å²) < 4.78 is 26.4. The summed E-state index contributed by atoms with van der Waals surface area (Å²) in [5.74, 6) is -1.94. The Labute approximate surface area is 273 Å². The number of hydrogen-bond acceptors (Lipinski definition) is 7. The van der Waals surface area contributed by atoms with Crippen molar-refractivity contribution in [3.8, 4) is 0 Å². The molecule has 4 fully saturated rings. The molecule has 1 unspecified atom stereocenters. The van der Waals surface area contributed by atoms with E-state index in [9.17, 15) is 32.4 Å². The molecule has 46 heavy (non-hydrogen) atoms. The average Bonchev–Trinajstić information content (AvgIpc) is 3.86. The van der Waals surface area contributed by atoms with Gasteiger partial charge in [-0.2, -0.15) is 4.31 Å². The second kappa shape index (κ2) is 13.6. The molecule has 0 radical (unpaired) electrons. The number of fused-ring (bicyclic) bond motifs is 1. The first kappa shape index (κ1) is 35.8. The number of piperidine rings is 1. The zero-order valence-electron chi connectivity index (χ0n) is 28.1. The predicted octanol–water partition coefficient (Wildman–Crippen LogP) is 1.15. The number of nitrogens with zero attached hydrogens (tertiary/aromatic N) is 2. The summed E-state index contributed by atoms with van der Waals surface area (Å²) in [5, 5.41) is 11.1. The summed E-state index contributed by atoms with van der Waals surface area (Å²) in [4.78, 5) is 68.3. The van der Waals surface area contributed by atoms with Gasteiger partial charge in [0, 0.05) is 32.2 Å². The maximum atomic E-state index is 14.2. The van der Waals surface area contributed by atoms with Gasteiger partial charge in [0.2, 0.25) is 27.6 Å². The van der Waals surface area contributed by atoms with E-state index in [0.29, 0.717) is 25.9 Å². The van der Waals surface area contributed by atoms with Crippen LogP contribution in [0.5, 0.6) is 0 Å². The van der Waals surface area contributed by atoms with Crippen LogP contribution >= 0.6 is 0 Å². The Kier molecular flexibility index (Phi) is 10.6. The van der Waals surface area contributed by atoms with Crippen LogP contribution < -0.4 is 21.3 Å². The lowest BCUT2D eigenvalue weighted by molar-refractivity contribution is -0.144. The van der Waals surface area contributed by atoms with Gasteiger partial charge < -0.3 is 26.2 Å². The maximum absolute atomic E-state index is 14.2. The Morgan fingerprint density at radius 1 is 0.978 bits per heavy atom. The van der Waals surface area contributed by atoms with Crippen LogP contribution in [0.25, 0.3) is 0 Å². The van der Waals surface area contributed by atoms with Crippen LogP contribution in [-0.4, -0.2) is 103 Å². The fourth-order valence-electron chi connectivity index (χ4n) is 6.40. The van der Waals surface area contributed by atoms with Crippen molar-refractivity contribution in [2.45, 2.75) is 97.8 Å². The van der Waals surface area contributed by atoms with Crippen LogP contribution in [0.2, 0.25) is 0 Å². The van der Waals surface area contributed by atoms with Crippen molar-refractivity contribution >= 4 is 39.6 Å². The third-order valence-corrected chi connectivity index (χ3v) is 11.5. The second-order valence-electron chi connectivity index (χ2n) is 15.6. The van der Waals surface area contributed by atoms with Crippen LogP contribution in [0.15, 0.2) is 12.7 Å². The zero-order valence-corrected chi connectivity index (χ0v) is 28.9. The van der Waals surface area contributed by atoms with Crippen LogP contribution in [0, 0.1) is 28.6 Å². The maximum Gasteiger partial charge on any atom is 0.315 e. The van der Waals surface area contributed by atoms with E-state index in [4.69, 9.17) is 0 Å². The first-order valence-corrected chi connectivity index (χ1v) is 18.0. The van der Waals surface area contributed by atoms with Gasteiger partial charge in [-0.1, -0.05) is 60.5 Å². The molecule has 2 saturated carbocycles. The van der Waals surface area contributed by atoms with Gasteiger partial charge in [0.15, 0.2) is 0 Å². The largest absolute Gasteiger partial charge is 0.346 e. The van der Waals surface area contributed by atoms with Crippen molar-refractivity contribution in [2.75, 3.05) is 31.9 Å². The quantitative estimate of drug-likeness (QED) is 0.169. The summed E-state index contributed by atoms with van der Waals surface area (Å²) >= 11 is 0. The minimum Gasteiger partial charge on any atom is -0.346 e. The zero-order chi connectivity index (χ0) is 34.2. The highest BCUT2D eigenvalue weighted by molar-refractivity contribution is 7.89. The molecule has 0 aromatic rings. The standard InChI is InChI=1S/C32H52N6O7S/c1-8-12-33-28(41)25(39)22(15-19-10-11-19)34-27(40)24-21-16-20(21)17-38(24)29(42)26(32(5,6)7)36-30(43)35-23(31(2,3)4)18-37-13-9-14-46(37,44)45/h8,19-24,26H,1,9-18H2,2-7H3,(H,33,41)(H,34,40)(H2,35,36,43)/t20-,21-,22?,23+,24-,26+/m0/s1. The molecule has 14 heteroatoms. The van der Waals surface area contributed by atoms with E-state index in [-0.39, 0.29) is 36.6 Å². The van der Waals surface area contributed by atoms with Crippen LogP contribution in [-0.2, 0) is 29.2 Å². The Hall–Kier alpha value is -3.00. The molecule has 0 bridgehead atoms. The highest BCUT2D eigenvalue weighted by atomic mass is 32.2. The molecular formula is C32H52N6O7S. The summed E-state index contributed by atoms with van der Waals surface area (Å²) in [6.07, 6.45) is 5.01. The van der Waals surface area contributed by atoms with Crippen LogP contribution in [0.1, 0.15) is 73.6 Å². The minimum absolute atomic E-state index is 0.0580. The monoisotopic (exact) mass is 664 g/mol. The Bertz CT molecular complexity index is 1330. The highest BCUT2D eigenvalue weighted by Gasteiger charge is 2.58. The van der Waals surface area contributed by atoms with Crippen molar-refractivity contribution in [3.05, 3.63) is 12.7 Å². The minimum atomic E-state index is -3.38. The first-order chi connectivity index (χ1) is 21.3. The summed E-state index contributed by atoms with van der Waals surface area (Å²) in [6.45, 7) is 15.8. The molecule has 13 nitrogen and oxygen atoms in total. The number of nitrogens with one attached hydrogen (secondary N) is 4. The molecule has 258 valence electrons. The van der Waals surface area contributed by atoms with Gasteiger partial charge in [0.25, 0.3) is 5.91 Å². The summed E-state index contributed by atoms with van der Waals surface area (Å²) in [5.41, 5.74) is -1.21. The molecule has 0 spiro atoms. The van der Waals surface area contributed by atoms with Gasteiger partial charge in [-0.05, 0) is 47.8 Å². The van der Waals surface area contributed by atoms with Crippen LogP contribution in [0.4, 0.5) is 4.79 Å². The molecule has 0 aromatic heterocycles. The number of urea groups is 1. The summed E-state index contributed by atoms with van der Waals surface area (Å²) in [7, 11) is -3.38. The normalized spacial score (nSPS) is 25.9. The van der Waals surface area contributed by atoms with E-state index in [1.54, 1.807) is 0 Å². The molecule has 0 aromatic carbocycles. The van der Waals surface area contributed by atoms with Crippen molar-refractivity contribution in [1.82, 2.24) is 30.5 Å². The van der Waals surface area contributed by atoms with E-state index < -0.39 is 74.6 Å². The molecular weight excluding hydrogens is 612 g/mol. The number of carbonyl (C=O) groups is 5. The SMILES string of the molecule is C=CCNC(=O)C(=O)C(CC1CC1)NC(=O)[C@@H]1[C@H]2C[C@H]2CN1C(=O)[C@@H](NC(=O)N[C@H](CN1CCCS1(=O)=O)C(C)(C)C)C(C)(C)C. The fourth-order valence-corrected chi connectivity index (χ4v) is 7.93. The Morgan fingerprint density at radius 2 is 1.65 bits per heavy atom. The molecule has 5 amide bonds. The van der Waals surface area contributed by atoms with Crippen LogP contribution in [0.3, 0.4) is 0 Å². The molecule has 4 N–H and O–H groups in total. The highest BCUT2D eigenvalue weighted by Crippen LogP contribution is 2.50. The van der Waals surface area contributed by atoms with E-state index in [1.165, 1.54) is 15.3 Å². The first-order valence-electron chi connectivity index (χ1n) is 16.4. The van der Waals surface area contributed by atoms with Crippen molar-refractivity contribution < 1.29 is 32.4 Å². The fraction of sp³-hybridized carbons (Fsp3) is 0.781. The predicted molar refractivity (Wildman–Crippen MR) is 173 cm³/mol. The lowest BCUT2D eigenvalue weighted by atomic mass is 9.85. The van der Waals surface area contributed by atoms with E-state index in [2.05, 4.69) is 27.8 Å². The number of hydrogen-bond donors (Lipinski definition) is 4. The van der Waals surface area contributed by atoms with Crippen molar-refractivity contribution in [1.29, 1.82) is 0 Å². The van der Waals surface area contributed by atoms with E-state index in [0.717, 1.165) is 19.3 Å². The number of amides is 5. The van der Waals surface area contributed by atoms with Gasteiger partial charge in [-0.15, -0.1) is 6.58 Å². The third kappa shape index (κ3) is 8.67. The molecule has 2 heterocycles. The number of sulfonamides is 1. The number of Topliss-reactive ketones (excluding diaryl/α,β-unsaturated/α-hetero) is 1. The smallest absolute Gasteiger partial charge is 0.315 e. The molecule has 4 aliphatic rings. The van der Waals surface area contributed by atoms with Crippen molar-refractivity contribution in [3.63, 3.8) is 0 Å². The average molecular weight is 665 g/mol. The Balaban J connectivity index is 1.47. The van der Waals surface area contributed by atoms with E-state index >= 15 is 0 Å². The van der Waals surface area contributed by atoms with Gasteiger partial charge in [-0.3, -0.25) is 19.2 Å². The molecule has 6 atom stereocenters. The lowest BCUT2D eigenvalue weighted by Gasteiger charge is -2.38. The third-order valence-electron chi connectivity index (χ3n) is 9.56. The molecule has 4 rings (SSSR count). The molecule has 2 aliphatic carbocycles. The van der Waals surface area contributed by atoms with Crippen molar-refractivity contribution in [2.24, 2.45) is 28.6 Å². The molecule has 2 saturated heterocycles. The van der Waals surface area contributed by atoms with Gasteiger partial charge in [0.1, 0.15) is 12.1 Å². The number of likely N-dealkylation sites (tertiary alicyclic amines) is 1. The summed E-state index contributed by atoms with van der Waals surface area (Å²) in [6, 6.07) is -3.93. The number of ketones is 1. The Morgan fingerprint density at radius 3 is 2.20 bits per heavy atom. The number of carbonyl (C=O) groups excluding carboxylic acids is 5. The lowest BCUT2D eigenvalue weighted by Crippen LogP contribution is -2.62. The number of rotatable bonds is 13. The molecule has 2 aliphatic heterocycles. The van der Waals surface area contributed by atoms with Gasteiger partial charge >= 0.3 is 6.03 Å². The second-order valence-corrected chi connectivity index (χ2v) is 17.6. The topological polar surface area (TPSA) is 174 Å². The van der Waals surface area contributed by atoms with Gasteiger partial charge in [-0.25, -0.2) is 13.2 Å². The van der Waals surface area contributed by atoms with E-state index in [1.807, 2.05) is 41.5 Å².